The van der Waals surface area contributed by atoms with Gasteiger partial charge in [0.25, 0.3) is 0 Å². The minimum atomic E-state index is -1.08. The highest BCUT2D eigenvalue weighted by Crippen LogP contribution is 2.17. The summed E-state index contributed by atoms with van der Waals surface area (Å²) in [6.45, 7) is 0.980. The van der Waals surface area contributed by atoms with E-state index in [1.54, 1.807) is 4.90 Å². The summed E-state index contributed by atoms with van der Waals surface area (Å²) in [5.41, 5.74) is 10.6. The summed E-state index contributed by atoms with van der Waals surface area (Å²) in [5.74, 6) is -1.47. The van der Waals surface area contributed by atoms with Crippen molar-refractivity contribution in [2.75, 3.05) is 24.6 Å². The molecule has 0 aliphatic carbocycles. The fourth-order valence-electron chi connectivity index (χ4n) is 1.87. The fraction of sp³-hybridized carbons (Fsp3) is 0.727. The second-order valence-electron chi connectivity index (χ2n) is 4.54. The highest BCUT2D eigenvalue weighted by molar-refractivity contribution is 8.00. The van der Waals surface area contributed by atoms with Crippen LogP contribution in [0, 0.1) is 5.92 Å². The van der Waals surface area contributed by atoms with Gasteiger partial charge in [-0.25, -0.2) is 0 Å². The summed E-state index contributed by atoms with van der Waals surface area (Å²) < 4.78 is 0. The average molecular weight is 289 g/mol. The number of carboxylic acid groups (broad SMARTS) is 1. The van der Waals surface area contributed by atoms with Gasteiger partial charge in [0.15, 0.2) is 0 Å². The Kier molecular flexibility index (Phi) is 6.10. The first-order valence-corrected chi connectivity index (χ1v) is 7.20. The molecule has 8 heteroatoms. The van der Waals surface area contributed by atoms with Gasteiger partial charge in [-0.1, -0.05) is 0 Å². The van der Waals surface area contributed by atoms with Gasteiger partial charge in [0.1, 0.15) is 6.04 Å². The van der Waals surface area contributed by atoms with Crippen LogP contribution in [0.5, 0.6) is 0 Å². The molecule has 0 saturated carbocycles. The molecule has 1 fully saturated rings. The van der Waals surface area contributed by atoms with Crippen LogP contribution in [-0.2, 0) is 14.4 Å². The zero-order valence-corrected chi connectivity index (χ0v) is 11.4. The molecule has 1 saturated heterocycles. The van der Waals surface area contributed by atoms with Gasteiger partial charge in [0.2, 0.25) is 11.8 Å². The molecule has 1 rings (SSSR count). The minimum absolute atomic E-state index is 0.103. The normalized spacial score (nSPS) is 20.9. The maximum Gasteiger partial charge on any atom is 0.321 e. The van der Waals surface area contributed by atoms with E-state index in [0.717, 1.165) is 12.8 Å². The van der Waals surface area contributed by atoms with Crippen LogP contribution in [0.25, 0.3) is 0 Å². The number of thioether (sulfide) groups is 1. The van der Waals surface area contributed by atoms with Crippen molar-refractivity contribution in [3.05, 3.63) is 0 Å². The van der Waals surface area contributed by atoms with Crippen LogP contribution in [0.2, 0.25) is 0 Å². The third kappa shape index (κ3) is 5.07. The topological polar surface area (TPSA) is 127 Å². The van der Waals surface area contributed by atoms with E-state index in [-0.39, 0.29) is 29.2 Å². The van der Waals surface area contributed by atoms with Gasteiger partial charge in [-0.15, -0.1) is 11.8 Å². The van der Waals surface area contributed by atoms with E-state index in [0.29, 0.717) is 13.1 Å². The standard InChI is InChI=1S/C11H19N3O4S/c12-8(11(17)18)5-19-6-9(15)14-3-1-2-7(4-14)10(13)16/h7-8H,1-6,12H2,(H2,13,16)(H,17,18)/t7?,8-/m1/s1. The lowest BCUT2D eigenvalue weighted by molar-refractivity contribution is -0.138. The number of hydrogen-bond donors (Lipinski definition) is 3. The Hall–Kier alpha value is -1.28. The smallest absolute Gasteiger partial charge is 0.321 e. The van der Waals surface area contributed by atoms with Crippen molar-refractivity contribution in [3.8, 4) is 0 Å². The second-order valence-corrected chi connectivity index (χ2v) is 5.57. The molecule has 0 bridgehead atoms. The predicted octanol–water partition coefficient (Wildman–Crippen LogP) is -1.14. The summed E-state index contributed by atoms with van der Waals surface area (Å²) in [6, 6.07) is -0.961. The number of hydrogen-bond acceptors (Lipinski definition) is 5. The van der Waals surface area contributed by atoms with Gasteiger partial charge in [-0.05, 0) is 12.8 Å². The second kappa shape index (κ2) is 7.34. The first-order valence-electron chi connectivity index (χ1n) is 6.05. The molecular formula is C11H19N3O4S. The first-order chi connectivity index (χ1) is 8.91. The summed E-state index contributed by atoms with van der Waals surface area (Å²) >= 11 is 1.19. The third-order valence-corrected chi connectivity index (χ3v) is 4.06. The number of piperidine rings is 1. The van der Waals surface area contributed by atoms with Crippen LogP contribution >= 0.6 is 11.8 Å². The van der Waals surface area contributed by atoms with Gasteiger partial charge in [0.05, 0.1) is 11.7 Å². The van der Waals surface area contributed by atoms with Crippen LogP contribution in [0.1, 0.15) is 12.8 Å². The van der Waals surface area contributed by atoms with E-state index >= 15 is 0 Å². The number of rotatable bonds is 6. The highest BCUT2D eigenvalue weighted by atomic mass is 32.2. The largest absolute Gasteiger partial charge is 0.480 e. The molecule has 5 N–H and O–H groups in total. The van der Waals surface area contributed by atoms with Gasteiger partial charge in [-0.3, -0.25) is 14.4 Å². The molecule has 1 aliphatic rings. The Bertz CT molecular complexity index is 364. The number of primary amides is 1. The summed E-state index contributed by atoms with van der Waals surface area (Å²) in [7, 11) is 0. The quantitative estimate of drug-likeness (QED) is 0.567. The van der Waals surface area contributed by atoms with E-state index < -0.39 is 12.0 Å². The molecule has 1 heterocycles. The maximum absolute atomic E-state index is 11.9. The zero-order valence-electron chi connectivity index (χ0n) is 10.6. The molecule has 0 aromatic rings. The molecule has 2 amide bonds. The molecule has 2 atom stereocenters. The number of nitrogens with two attached hydrogens (primary N) is 2. The number of carbonyl (C=O) groups is 3. The highest BCUT2D eigenvalue weighted by Gasteiger charge is 2.26. The number of amides is 2. The predicted molar refractivity (Wildman–Crippen MR) is 71.4 cm³/mol. The zero-order chi connectivity index (χ0) is 14.4. The van der Waals surface area contributed by atoms with Gasteiger partial charge in [0, 0.05) is 18.8 Å². The van der Waals surface area contributed by atoms with Crippen LogP contribution in [-0.4, -0.2) is 58.4 Å². The third-order valence-electron chi connectivity index (χ3n) is 3.02. The Balaban J connectivity index is 2.33. The monoisotopic (exact) mass is 289 g/mol. The molecule has 1 unspecified atom stereocenters. The SMILES string of the molecule is NC(=O)C1CCCN(C(=O)CSC[C@@H](N)C(=O)O)C1. The maximum atomic E-state index is 11.9. The van der Waals surface area contributed by atoms with Crippen molar-refractivity contribution in [3.63, 3.8) is 0 Å². The Labute approximate surface area is 115 Å². The van der Waals surface area contributed by atoms with Crippen molar-refractivity contribution in [1.29, 1.82) is 0 Å². The van der Waals surface area contributed by atoms with E-state index in [2.05, 4.69) is 0 Å². The molecule has 0 spiro atoms. The summed E-state index contributed by atoms with van der Waals surface area (Å²) in [4.78, 5) is 35.1. The van der Waals surface area contributed by atoms with E-state index in [1.807, 2.05) is 0 Å². The lowest BCUT2D eigenvalue weighted by Crippen LogP contribution is -2.45. The Morgan fingerprint density at radius 1 is 1.42 bits per heavy atom. The van der Waals surface area contributed by atoms with Crippen LogP contribution in [0.15, 0.2) is 0 Å². The van der Waals surface area contributed by atoms with Gasteiger partial charge < -0.3 is 21.5 Å². The number of carbonyl (C=O) groups excluding carboxylic acids is 2. The van der Waals surface area contributed by atoms with Crippen LogP contribution < -0.4 is 11.5 Å². The Morgan fingerprint density at radius 2 is 2.11 bits per heavy atom. The van der Waals surface area contributed by atoms with Crippen LogP contribution in [0.3, 0.4) is 0 Å². The fourth-order valence-corrected chi connectivity index (χ4v) is 2.74. The number of likely N-dealkylation sites (tertiary alicyclic amines) is 1. The average Bonchev–Trinajstić information content (AvgIpc) is 2.38. The van der Waals surface area contributed by atoms with E-state index in [1.165, 1.54) is 11.8 Å². The summed E-state index contributed by atoms with van der Waals surface area (Å²) in [6.07, 6.45) is 1.48. The molecule has 1 aliphatic heterocycles. The molecule has 0 aromatic carbocycles. The number of aliphatic carboxylic acids is 1. The van der Waals surface area contributed by atoms with Crippen molar-refractivity contribution in [1.82, 2.24) is 4.90 Å². The molecule has 0 aromatic heterocycles. The molecular weight excluding hydrogens is 270 g/mol. The minimum Gasteiger partial charge on any atom is -0.480 e. The van der Waals surface area contributed by atoms with Crippen LogP contribution in [0.4, 0.5) is 0 Å². The number of carboxylic acids is 1. The molecule has 0 radical (unpaired) electrons. The molecule has 7 nitrogen and oxygen atoms in total. The molecule has 19 heavy (non-hydrogen) atoms. The first kappa shape index (κ1) is 15.8. The lowest BCUT2D eigenvalue weighted by atomic mass is 9.97. The number of nitrogens with zero attached hydrogens (tertiary/aromatic N) is 1. The van der Waals surface area contributed by atoms with Crippen molar-refractivity contribution in [2.24, 2.45) is 17.4 Å². The van der Waals surface area contributed by atoms with Gasteiger partial charge >= 0.3 is 5.97 Å². The van der Waals surface area contributed by atoms with Crippen molar-refractivity contribution >= 4 is 29.5 Å². The van der Waals surface area contributed by atoms with Crippen molar-refractivity contribution < 1.29 is 19.5 Å². The van der Waals surface area contributed by atoms with Gasteiger partial charge in [-0.2, -0.15) is 0 Å². The summed E-state index contributed by atoms with van der Waals surface area (Å²) in [5, 5.41) is 8.61. The van der Waals surface area contributed by atoms with E-state index in [9.17, 15) is 14.4 Å². The lowest BCUT2D eigenvalue weighted by Gasteiger charge is -2.31. The molecule has 108 valence electrons. The van der Waals surface area contributed by atoms with Crippen molar-refractivity contribution in [2.45, 2.75) is 18.9 Å². The Morgan fingerprint density at radius 3 is 2.68 bits per heavy atom. The van der Waals surface area contributed by atoms with E-state index in [4.69, 9.17) is 16.6 Å².